The SMILES string of the molecule is O=C([O-])c1cccs1.O=C([O-])c1cccs1.[Sb].[c]1ccccc1.[c]1ccccc1.[c]1ccccc1. The van der Waals surface area contributed by atoms with Gasteiger partial charge in [0, 0.05) is 34.2 Å². The molecule has 0 spiro atoms. The molecule has 35 heavy (non-hydrogen) atoms. The van der Waals surface area contributed by atoms with E-state index in [2.05, 4.69) is 18.2 Å². The molecule has 0 aliphatic rings. The average molecular weight is 607 g/mol. The van der Waals surface area contributed by atoms with Crippen LogP contribution in [0.1, 0.15) is 19.3 Å². The molecule has 0 aliphatic heterocycles. The van der Waals surface area contributed by atoms with Crippen molar-refractivity contribution in [3.8, 4) is 0 Å². The number of carboxylic acids is 2. The minimum atomic E-state index is -1.10. The minimum Gasteiger partial charge on any atom is -0.544 e. The molecule has 0 N–H and O–H groups in total. The Morgan fingerprint density at radius 3 is 0.886 bits per heavy atom. The first kappa shape index (κ1) is 31.8. The Balaban J connectivity index is 0.000000413. The van der Waals surface area contributed by atoms with Gasteiger partial charge in [-0.05, 0) is 41.1 Å². The number of carbonyl (C=O) groups excluding carboxylic acids is 2. The molecule has 0 saturated carbocycles. The van der Waals surface area contributed by atoms with Gasteiger partial charge >= 0.3 is 0 Å². The van der Waals surface area contributed by atoms with Crippen LogP contribution in [-0.2, 0) is 0 Å². The molecular weight excluding hydrogens is 586 g/mol. The van der Waals surface area contributed by atoms with Gasteiger partial charge in [0.15, 0.2) is 0 Å². The Hall–Kier alpha value is -3.18. The maximum atomic E-state index is 9.96. The second-order valence-corrected chi connectivity index (χ2v) is 7.66. The van der Waals surface area contributed by atoms with Crippen molar-refractivity contribution in [3.05, 3.63) is 154 Å². The van der Waals surface area contributed by atoms with Crippen LogP contribution in [0.3, 0.4) is 0 Å². The molecule has 0 atom stereocenters. The van der Waals surface area contributed by atoms with Crippen LogP contribution < -0.4 is 10.2 Å². The Bertz CT molecular complexity index is 889. The van der Waals surface area contributed by atoms with Crippen molar-refractivity contribution < 1.29 is 19.8 Å². The van der Waals surface area contributed by atoms with Crippen molar-refractivity contribution in [2.45, 2.75) is 0 Å². The third-order valence-electron chi connectivity index (χ3n) is 3.27. The number of thiophene rings is 2. The normalized spacial score (nSPS) is 8.23. The number of carbonyl (C=O) groups is 2. The van der Waals surface area contributed by atoms with Crippen LogP contribution in [-0.4, -0.2) is 36.4 Å². The summed E-state index contributed by atoms with van der Waals surface area (Å²) >= 11 is 2.34. The van der Waals surface area contributed by atoms with Crippen LogP contribution >= 0.6 is 22.7 Å². The fourth-order valence-corrected chi connectivity index (χ4v) is 2.93. The first-order chi connectivity index (χ1) is 16.6. The summed E-state index contributed by atoms with van der Waals surface area (Å²) in [5, 5.41) is 23.3. The van der Waals surface area contributed by atoms with Gasteiger partial charge in [-0.25, -0.2) is 0 Å². The van der Waals surface area contributed by atoms with Gasteiger partial charge in [0.1, 0.15) is 0 Å². The molecule has 0 unspecified atom stereocenters. The molecule has 5 aromatic rings. The van der Waals surface area contributed by atoms with Crippen LogP contribution in [0.2, 0.25) is 0 Å². The van der Waals surface area contributed by atoms with Gasteiger partial charge in [-0.3, -0.25) is 0 Å². The summed E-state index contributed by atoms with van der Waals surface area (Å²) in [6.45, 7) is 0. The fourth-order valence-electron chi connectivity index (χ4n) is 1.82. The number of hydrogen-bond donors (Lipinski definition) is 0. The van der Waals surface area contributed by atoms with Gasteiger partial charge in [-0.15, -0.1) is 22.7 Å². The average Bonchev–Trinajstić information content (AvgIpc) is 3.64. The molecule has 2 aromatic heterocycles. The van der Waals surface area contributed by atoms with Gasteiger partial charge < -0.3 is 19.8 Å². The van der Waals surface area contributed by atoms with E-state index in [9.17, 15) is 19.8 Å². The van der Waals surface area contributed by atoms with Crippen molar-refractivity contribution in [2.24, 2.45) is 0 Å². The van der Waals surface area contributed by atoms with Gasteiger partial charge in [0.25, 0.3) is 0 Å². The second-order valence-electron chi connectivity index (χ2n) is 5.76. The second kappa shape index (κ2) is 22.6. The maximum absolute atomic E-state index is 9.96. The molecule has 0 amide bonds. The summed E-state index contributed by atoms with van der Waals surface area (Å²) in [5.41, 5.74) is 0. The molecular formula is C28H21O4S2Sb-2. The van der Waals surface area contributed by atoms with Crippen LogP contribution in [0.15, 0.2) is 126 Å². The van der Waals surface area contributed by atoms with E-state index in [1.54, 1.807) is 22.9 Å². The van der Waals surface area contributed by atoms with E-state index in [0.29, 0.717) is 0 Å². The fraction of sp³-hybridized carbons (Fsp3) is 0. The Morgan fingerprint density at radius 2 is 0.800 bits per heavy atom. The number of aromatic carboxylic acids is 2. The zero-order valence-electron chi connectivity index (χ0n) is 18.5. The number of rotatable bonds is 2. The monoisotopic (exact) mass is 606 g/mol. The van der Waals surface area contributed by atoms with Crippen molar-refractivity contribution >= 4 is 59.0 Å². The summed E-state index contributed by atoms with van der Waals surface area (Å²) in [5.74, 6) is -2.19. The predicted octanol–water partition coefficient (Wildman–Crippen LogP) is 4.30. The minimum absolute atomic E-state index is 0. The van der Waals surface area contributed by atoms with E-state index in [-0.39, 0.29) is 34.2 Å². The smallest absolute Gasteiger partial charge is 0.0815 e. The van der Waals surface area contributed by atoms with Crippen molar-refractivity contribution in [1.29, 1.82) is 0 Å². The van der Waals surface area contributed by atoms with Crippen LogP contribution in [0.4, 0.5) is 0 Å². The molecule has 0 bridgehead atoms. The molecule has 0 aliphatic carbocycles. The van der Waals surface area contributed by atoms with E-state index >= 15 is 0 Å². The van der Waals surface area contributed by atoms with Crippen LogP contribution in [0.25, 0.3) is 0 Å². The first-order valence-corrected chi connectivity index (χ1v) is 11.6. The van der Waals surface area contributed by atoms with Crippen LogP contribution in [0.5, 0.6) is 0 Å². The first-order valence-electron chi connectivity index (χ1n) is 9.84. The summed E-state index contributed by atoms with van der Waals surface area (Å²) in [4.78, 5) is 20.5. The molecule has 0 saturated heterocycles. The predicted molar refractivity (Wildman–Crippen MR) is 139 cm³/mol. The third-order valence-corrected chi connectivity index (χ3v) is 4.97. The van der Waals surface area contributed by atoms with E-state index in [0.717, 1.165) is 0 Å². The number of benzene rings is 3. The molecule has 0 fully saturated rings. The molecule has 7 heteroatoms. The topological polar surface area (TPSA) is 80.3 Å². The molecule has 2 heterocycles. The number of hydrogen-bond acceptors (Lipinski definition) is 6. The molecule has 176 valence electrons. The van der Waals surface area contributed by atoms with E-state index in [4.69, 9.17) is 0 Å². The van der Waals surface area contributed by atoms with Gasteiger partial charge in [-0.2, -0.15) is 0 Å². The summed E-state index contributed by atoms with van der Waals surface area (Å²) in [6, 6.07) is 43.9. The van der Waals surface area contributed by atoms with Crippen molar-refractivity contribution in [2.75, 3.05) is 0 Å². The van der Waals surface area contributed by atoms with Gasteiger partial charge in [0.05, 0.1) is 11.9 Å². The number of carboxylic acid groups (broad SMARTS) is 2. The molecule has 3 aromatic carbocycles. The Morgan fingerprint density at radius 1 is 0.514 bits per heavy atom. The Kier molecular flexibility index (Phi) is 20.5. The molecule has 6 radical (unpaired) electrons. The third kappa shape index (κ3) is 18.9. The van der Waals surface area contributed by atoms with Crippen molar-refractivity contribution in [3.63, 3.8) is 0 Å². The summed E-state index contributed by atoms with van der Waals surface area (Å²) < 4.78 is 0. The quantitative estimate of drug-likeness (QED) is 0.281. The summed E-state index contributed by atoms with van der Waals surface area (Å²) in [6.07, 6.45) is 0. The zero-order valence-corrected chi connectivity index (χ0v) is 22.7. The van der Waals surface area contributed by atoms with E-state index in [1.165, 1.54) is 34.8 Å². The zero-order chi connectivity index (χ0) is 24.7. The van der Waals surface area contributed by atoms with E-state index < -0.39 is 11.9 Å². The Labute approximate surface area is 231 Å². The molecule has 4 nitrogen and oxygen atoms in total. The van der Waals surface area contributed by atoms with Gasteiger partial charge in [-0.1, -0.05) is 103 Å². The largest absolute Gasteiger partial charge is 0.544 e. The molecule has 5 rings (SSSR count). The maximum Gasteiger partial charge on any atom is 0.0815 e. The standard InChI is InChI=1S/3C6H5.2C5H4O2S.Sb/c3*1-2-4-6-5-3-1;2*6-5(7)4-2-1-3-8-4;/h3*1-5H;2*1-3H,(H,6,7);/p-2. The van der Waals surface area contributed by atoms with Crippen molar-refractivity contribution in [1.82, 2.24) is 0 Å². The summed E-state index contributed by atoms with van der Waals surface area (Å²) in [7, 11) is 0. The van der Waals surface area contributed by atoms with Gasteiger partial charge in [0.2, 0.25) is 0 Å². The van der Waals surface area contributed by atoms with E-state index in [1.807, 2.05) is 91.0 Å². The van der Waals surface area contributed by atoms with Crippen LogP contribution in [0, 0.1) is 18.2 Å².